The average molecular weight is 526 g/mol. The molecule has 2 N–H and O–H groups in total. The second-order valence-corrected chi connectivity index (χ2v) is 9.80. The van der Waals surface area contributed by atoms with E-state index in [0.29, 0.717) is 50.5 Å². The van der Waals surface area contributed by atoms with Crippen molar-refractivity contribution < 1.29 is 4.79 Å². The molecule has 0 bridgehead atoms. The molecule has 1 amide bonds. The van der Waals surface area contributed by atoms with Crippen molar-refractivity contribution in [2.45, 2.75) is 27.2 Å². The van der Waals surface area contributed by atoms with Crippen LogP contribution in [0.25, 0.3) is 0 Å². The minimum Gasteiger partial charge on any atom is -0.368 e. The van der Waals surface area contributed by atoms with E-state index >= 15 is 0 Å². The lowest BCUT2D eigenvalue weighted by Crippen LogP contribution is -2.47. The Hall–Kier alpha value is -3.57. The Labute approximate surface area is 219 Å². The van der Waals surface area contributed by atoms with E-state index in [0.717, 1.165) is 31.9 Å². The monoisotopic (exact) mass is 525 g/mol. The number of piperazine rings is 1. The molecule has 3 aromatic heterocycles. The Bertz CT molecular complexity index is 1270. The fraction of sp³-hybridized carbons (Fsp3) is 0.333. The predicted molar refractivity (Wildman–Crippen MR) is 144 cm³/mol. The molecule has 0 aromatic carbocycles. The summed E-state index contributed by atoms with van der Waals surface area (Å²) in [6.45, 7) is 12.6. The lowest BCUT2D eigenvalue weighted by atomic mass is 10.2. The minimum atomic E-state index is -0.309. The van der Waals surface area contributed by atoms with Gasteiger partial charge in [0, 0.05) is 55.7 Å². The lowest BCUT2D eigenvalue weighted by Gasteiger charge is -2.36. The van der Waals surface area contributed by atoms with Gasteiger partial charge in [-0.15, -0.1) is 0 Å². The summed E-state index contributed by atoms with van der Waals surface area (Å²) in [5.41, 5.74) is 2.33. The van der Waals surface area contributed by atoms with E-state index in [4.69, 9.17) is 11.6 Å². The molecule has 0 unspecified atom stereocenters. The van der Waals surface area contributed by atoms with Gasteiger partial charge in [-0.3, -0.25) is 15.1 Å². The van der Waals surface area contributed by atoms with Crippen LogP contribution in [0.3, 0.4) is 0 Å². The topological polar surface area (TPSA) is 112 Å². The highest BCUT2D eigenvalue weighted by Crippen LogP contribution is 2.24. The summed E-state index contributed by atoms with van der Waals surface area (Å²) in [4.78, 5) is 39.8. The van der Waals surface area contributed by atoms with E-state index in [1.165, 1.54) is 17.5 Å². The summed E-state index contributed by atoms with van der Waals surface area (Å²) < 4.78 is 0. The number of aryl methyl sites for hydroxylation is 1. The third kappa shape index (κ3) is 6.16. The normalized spacial score (nSPS) is 14.3. The zero-order valence-corrected chi connectivity index (χ0v) is 22.0. The van der Waals surface area contributed by atoms with Gasteiger partial charge >= 0.3 is 0 Å². The van der Waals surface area contributed by atoms with Gasteiger partial charge in [-0.1, -0.05) is 36.4 Å². The van der Waals surface area contributed by atoms with Gasteiger partial charge in [0.2, 0.25) is 11.9 Å². The number of amides is 1. The van der Waals surface area contributed by atoms with Gasteiger partial charge in [0.15, 0.2) is 5.13 Å². The van der Waals surface area contributed by atoms with Crippen molar-refractivity contribution in [3.05, 3.63) is 64.3 Å². The summed E-state index contributed by atoms with van der Waals surface area (Å²) in [5.74, 6) is 1.40. The Morgan fingerprint density at radius 3 is 2.44 bits per heavy atom. The molecule has 1 saturated heterocycles. The molecule has 4 rings (SSSR count). The number of carbonyl (C=O) groups excluding carboxylic acids is 1. The van der Waals surface area contributed by atoms with Gasteiger partial charge < -0.3 is 15.1 Å². The highest BCUT2D eigenvalue weighted by atomic mass is 35.5. The number of carbonyl (C=O) groups is 1. The second kappa shape index (κ2) is 11.4. The average Bonchev–Trinajstić information content (AvgIpc) is 3.35. The molecular weight excluding hydrogens is 498 g/mol. The molecule has 0 spiro atoms. The molecule has 3 aromatic rings. The van der Waals surface area contributed by atoms with Crippen molar-refractivity contribution in [1.29, 1.82) is 0 Å². The first-order valence-electron chi connectivity index (χ1n) is 11.6. The van der Waals surface area contributed by atoms with Crippen LogP contribution in [-0.2, 0) is 6.42 Å². The van der Waals surface area contributed by atoms with Crippen molar-refractivity contribution in [2.24, 2.45) is 0 Å². The smallest absolute Gasteiger partial charge is 0.267 e. The molecule has 0 radical (unpaired) electrons. The van der Waals surface area contributed by atoms with Crippen LogP contribution in [0, 0.1) is 0 Å². The maximum Gasteiger partial charge on any atom is 0.267 e. The first kappa shape index (κ1) is 25.5. The van der Waals surface area contributed by atoms with Crippen LogP contribution in [0.15, 0.2) is 53.6 Å². The Balaban J connectivity index is 1.45. The van der Waals surface area contributed by atoms with E-state index in [-0.39, 0.29) is 5.91 Å². The molecule has 36 heavy (non-hydrogen) atoms. The predicted octanol–water partition coefficient (Wildman–Crippen LogP) is 4.13. The van der Waals surface area contributed by atoms with Gasteiger partial charge in [0.1, 0.15) is 10.7 Å². The molecule has 188 valence electrons. The number of nitrogens with one attached hydrogen (secondary N) is 2. The molecule has 12 heteroatoms. The summed E-state index contributed by atoms with van der Waals surface area (Å²) in [5, 5.41) is 6.89. The first-order chi connectivity index (χ1) is 17.3. The molecule has 0 saturated carbocycles. The van der Waals surface area contributed by atoms with Crippen LogP contribution in [0.5, 0.6) is 0 Å². The number of aromatic nitrogens is 5. The number of nitrogens with zero attached hydrogens (tertiary/aromatic N) is 7. The molecule has 0 atom stereocenters. The van der Waals surface area contributed by atoms with Gasteiger partial charge in [-0.05, 0) is 31.6 Å². The fourth-order valence-corrected chi connectivity index (χ4v) is 4.59. The number of hydrogen-bond acceptors (Lipinski definition) is 10. The summed E-state index contributed by atoms with van der Waals surface area (Å²) in [6, 6.07) is 4.04. The molecule has 4 heterocycles. The number of allylic oxidation sites excluding steroid dienone is 2. The summed E-state index contributed by atoms with van der Waals surface area (Å²) in [7, 11) is 0. The molecule has 10 nitrogen and oxygen atoms in total. The third-order valence-corrected chi connectivity index (χ3v) is 6.64. The standard InChI is InChI=1S/C24H28ClN9OS/c1-5-19-28-22(32-24-27-14-18(36-24)21(35)30-20(15(2)3)16(4)25)31-23(29-19)34-12-10-33(11-13-34)17-6-8-26-9-7-17/h6-9,14H,2,5,10-13H2,1,3-4H3,(H,30,35)(H,27,28,29,31,32). The number of rotatable bonds is 8. The molecule has 0 aliphatic carbocycles. The number of halogens is 1. The van der Waals surface area contributed by atoms with E-state index in [1.54, 1.807) is 13.8 Å². The molecular formula is C24H28ClN9OS. The Morgan fingerprint density at radius 2 is 1.81 bits per heavy atom. The van der Waals surface area contributed by atoms with E-state index in [2.05, 4.69) is 51.9 Å². The number of thiazole rings is 1. The first-order valence-corrected chi connectivity index (χ1v) is 12.7. The summed E-state index contributed by atoms with van der Waals surface area (Å²) in [6.07, 6.45) is 5.79. The highest BCUT2D eigenvalue weighted by Gasteiger charge is 2.21. The second-order valence-electron chi connectivity index (χ2n) is 8.21. The quantitative estimate of drug-likeness (QED) is 0.419. The lowest BCUT2D eigenvalue weighted by molar-refractivity contribution is 0.0970. The zero-order chi connectivity index (χ0) is 25.7. The number of anilines is 4. The van der Waals surface area contributed by atoms with Crippen molar-refractivity contribution in [3.8, 4) is 0 Å². The van der Waals surface area contributed by atoms with Crippen LogP contribution in [0.1, 0.15) is 36.3 Å². The summed E-state index contributed by atoms with van der Waals surface area (Å²) >= 11 is 7.28. The fourth-order valence-electron chi connectivity index (χ4n) is 3.68. The third-order valence-electron chi connectivity index (χ3n) is 5.53. The van der Waals surface area contributed by atoms with E-state index in [1.807, 2.05) is 31.5 Å². The zero-order valence-electron chi connectivity index (χ0n) is 20.5. The number of pyridine rings is 1. The Kier molecular flexibility index (Phi) is 8.11. The van der Waals surface area contributed by atoms with Crippen LogP contribution in [-0.4, -0.2) is 57.0 Å². The SMILES string of the molecule is C=C(C)C(NC(=O)c1cnc(Nc2nc(CC)nc(N3CCN(c4ccncc4)CC3)n2)s1)=C(C)Cl. The molecule has 1 fully saturated rings. The van der Waals surface area contributed by atoms with Crippen molar-refractivity contribution in [1.82, 2.24) is 30.2 Å². The van der Waals surface area contributed by atoms with Crippen molar-refractivity contribution >= 4 is 51.6 Å². The van der Waals surface area contributed by atoms with Crippen LogP contribution < -0.4 is 20.4 Å². The minimum absolute atomic E-state index is 0.309. The van der Waals surface area contributed by atoms with Crippen LogP contribution in [0.2, 0.25) is 0 Å². The van der Waals surface area contributed by atoms with Gasteiger partial charge in [0.05, 0.1) is 11.9 Å². The maximum absolute atomic E-state index is 12.7. The number of hydrogen-bond donors (Lipinski definition) is 2. The molecule has 1 aliphatic heterocycles. The van der Waals surface area contributed by atoms with Gasteiger partial charge in [-0.2, -0.15) is 15.0 Å². The van der Waals surface area contributed by atoms with Crippen LogP contribution in [0.4, 0.5) is 22.7 Å². The Morgan fingerprint density at radius 1 is 1.11 bits per heavy atom. The maximum atomic E-state index is 12.7. The van der Waals surface area contributed by atoms with Gasteiger partial charge in [-0.25, -0.2) is 4.98 Å². The van der Waals surface area contributed by atoms with Crippen molar-refractivity contribution in [3.63, 3.8) is 0 Å². The van der Waals surface area contributed by atoms with Crippen LogP contribution >= 0.6 is 22.9 Å². The molecule has 1 aliphatic rings. The van der Waals surface area contributed by atoms with Crippen molar-refractivity contribution in [2.75, 3.05) is 41.3 Å². The van der Waals surface area contributed by atoms with E-state index < -0.39 is 0 Å². The highest BCUT2D eigenvalue weighted by molar-refractivity contribution is 7.17. The van der Waals surface area contributed by atoms with Gasteiger partial charge in [0.25, 0.3) is 5.91 Å². The van der Waals surface area contributed by atoms with E-state index in [9.17, 15) is 4.79 Å². The largest absolute Gasteiger partial charge is 0.368 e.